The SMILES string of the molecule is CS(=O)(=O)Nc1ccc2ccc3ncc(-c4cn[nH]c4)cc3c(=O)c2c1. The van der Waals surface area contributed by atoms with Crippen molar-refractivity contribution in [1.82, 2.24) is 15.2 Å². The molecule has 2 N–H and O–H groups in total. The number of aromatic amines is 1. The van der Waals surface area contributed by atoms with Crippen LogP contribution >= 0.6 is 0 Å². The van der Waals surface area contributed by atoms with Crippen LogP contribution < -0.4 is 10.2 Å². The average molecular weight is 366 g/mol. The zero-order chi connectivity index (χ0) is 18.3. The topological polar surface area (TPSA) is 105 Å². The number of pyridine rings is 1. The molecule has 8 heteroatoms. The van der Waals surface area contributed by atoms with Crippen LogP contribution in [0.5, 0.6) is 0 Å². The first-order valence-electron chi connectivity index (χ1n) is 7.74. The Bertz CT molecular complexity index is 1300. The van der Waals surface area contributed by atoms with Gasteiger partial charge in [-0.25, -0.2) is 8.42 Å². The summed E-state index contributed by atoms with van der Waals surface area (Å²) >= 11 is 0. The molecule has 4 rings (SSSR count). The summed E-state index contributed by atoms with van der Waals surface area (Å²) in [5, 5.41) is 8.22. The molecular weight excluding hydrogens is 352 g/mol. The number of rotatable bonds is 3. The maximum absolute atomic E-state index is 13.1. The third kappa shape index (κ3) is 3.02. The molecule has 2 heterocycles. The van der Waals surface area contributed by atoms with E-state index in [4.69, 9.17) is 0 Å². The molecule has 2 aromatic heterocycles. The molecule has 0 radical (unpaired) electrons. The van der Waals surface area contributed by atoms with E-state index in [1.165, 1.54) is 0 Å². The number of fused-ring (bicyclic) bond motifs is 2. The number of hydrogen-bond acceptors (Lipinski definition) is 5. The Morgan fingerprint density at radius 2 is 1.81 bits per heavy atom. The van der Waals surface area contributed by atoms with Gasteiger partial charge in [0.25, 0.3) is 0 Å². The number of benzene rings is 1. The largest absolute Gasteiger partial charge is 0.289 e. The van der Waals surface area contributed by atoms with Crippen molar-refractivity contribution in [3.05, 3.63) is 65.2 Å². The lowest BCUT2D eigenvalue weighted by atomic mass is 10.1. The fourth-order valence-corrected chi connectivity index (χ4v) is 3.40. The minimum absolute atomic E-state index is 0.213. The Balaban J connectivity index is 2.01. The van der Waals surface area contributed by atoms with Crippen LogP contribution in [0.2, 0.25) is 0 Å². The van der Waals surface area contributed by atoms with Crippen molar-refractivity contribution in [3.63, 3.8) is 0 Å². The summed E-state index contributed by atoms with van der Waals surface area (Å²) in [7, 11) is -3.43. The summed E-state index contributed by atoms with van der Waals surface area (Å²) in [5.74, 6) is 0. The molecule has 0 aliphatic carbocycles. The minimum Gasteiger partial charge on any atom is -0.289 e. The summed E-state index contributed by atoms with van der Waals surface area (Å²) in [6, 6.07) is 10.2. The molecule has 0 bridgehead atoms. The van der Waals surface area contributed by atoms with Crippen molar-refractivity contribution < 1.29 is 8.42 Å². The molecule has 4 aromatic rings. The Hall–Kier alpha value is -3.26. The predicted molar refractivity (Wildman–Crippen MR) is 102 cm³/mol. The third-order valence-corrected chi connectivity index (χ3v) is 4.62. The van der Waals surface area contributed by atoms with Crippen LogP contribution in [-0.2, 0) is 10.0 Å². The lowest BCUT2D eigenvalue weighted by molar-refractivity contribution is 0.607. The van der Waals surface area contributed by atoms with E-state index in [1.54, 1.807) is 55.0 Å². The first kappa shape index (κ1) is 16.2. The number of H-pyrrole nitrogens is 1. The quantitative estimate of drug-likeness (QED) is 0.580. The van der Waals surface area contributed by atoms with Gasteiger partial charge in [-0.1, -0.05) is 12.1 Å². The van der Waals surface area contributed by atoms with Gasteiger partial charge in [0.05, 0.1) is 18.0 Å². The zero-order valence-electron chi connectivity index (χ0n) is 13.7. The van der Waals surface area contributed by atoms with Crippen LogP contribution in [0.4, 0.5) is 5.69 Å². The standard InChI is InChI=1S/C18H14N4O3S/c1-26(24,25)22-14-4-2-11-3-5-17-16(18(23)15(11)7-14)6-12(8-19-17)13-9-20-21-10-13/h2-10,22H,1H3,(H,20,21). The molecule has 130 valence electrons. The number of nitrogens with one attached hydrogen (secondary N) is 2. The van der Waals surface area contributed by atoms with Crippen LogP contribution in [-0.4, -0.2) is 29.9 Å². The normalized spacial score (nSPS) is 11.7. The molecule has 0 saturated heterocycles. The molecule has 7 nitrogen and oxygen atoms in total. The summed E-state index contributed by atoms with van der Waals surface area (Å²) in [4.78, 5) is 17.5. The van der Waals surface area contributed by atoms with Crippen molar-refractivity contribution in [2.24, 2.45) is 0 Å². The van der Waals surface area contributed by atoms with E-state index in [2.05, 4.69) is 19.9 Å². The summed E-state index contributed by atoms with van der Waals surface area (Å²) in [6.07, 6.45) is 6.13. The highest BCUT2D eigenvalue weighted by Gasteiger charge is 2.09. The Morgan fingerprint density at radius 1 is 1.00 bits per heavy atom. The van der Waals surface area contributed by atoms with Crippen LogP contribution in [0, 0.1) is 0 Å². The highest BCUT2D eigenvalue weighted by molar-refractivity contribution is 7.92. The lowest BCUT2D eigenvalue weighted by Gasteiger charge is -2.03. The molecule has 0 aliphatic heterocycles. The van der Waals surface area contributed by atoms with E-state index < -0.39 is 10.0 Å². The Morgan fingerprint density at radius 3 is 2.54 bits per heavy atom. The van der Waals surface area contributed by atoms with Gasteiger partial charge in [0.2, 0.25) is 10.0 Å². The van der Waals surface area contributed by atoms with Gasteiger partial charge in [-0.05, 0) is 29.7 Å². The van der Waals surface area contributed by atoms with Gasteiger partial charge in [-0.3, -0.25) is 19.6 Å². The van der Waals surface area contributed by atoms with E-state index in [-0.39, 0.29) is 5.43 Å². The summed E-state index contributed by atoms with van der Waals surface area (Å²) in [5.41, 5.74) is 2.30. The number of anilines is 1. The lowest BCUT2D eigenvalue weighted by Crippen LogP contribution is -2.10. The molecule has 2 aromatic carbocycles. The number of sulfonamides is 1. The van der Waals surface area contributed by atoms with Gasteiger partial charge in [-0.2, -0.15) is 5.10 Å². The van der Waals surface area contributed by atoms with Gasteiger partial charge in [-0.15, -0.1) is 0 Å². The van der Waals surface area contributed by atoms with E-state index >= 15 is 0 Å². The molecule has 0 spiro atoms. The number of aromatic nitrogens is 3. The molecule has 0 amide bonds. The fourth-order valence-electron chi connectivity index (χ4n) is 2.85. The molecule has 26 heavy (non-hydrogen) atoms. The maximum Gasteiger partial charge on any atom is 0.229 e. The van der Waals surface area contributed by atoms with Crippen molar-refractivity contribution in [2.45, 2.75) is 0 Å². The molecule has 0 atom stereocenters. The average Bonchev–Trinajstić information content (AvgIpc) is 3.09. The predicted octanol–water partition coefficient (Wildman–Crippen LogP) is 2.51. The van der Waals surface area contributed by atoms with E-state index in [0.717, 1.165) is 17.4 Å². The molecule has 0 unspecified atom stereocenters. The smallest absolute Gasteiger partial charge is 0.229 e. The monoisotopic (exact) mass is 366 g/mol. The first-order valence-corrected chi connectivity index (χ1v) is 9.64. The van der Waals surface area contributed by atoms with Gasteiger partial charge in [0.1, 0.15) is 0 Å². The second-order valence-corrected chi connectivity index (χ2v) is 7.73. The molecule has 0 fully saturated rings. The Kier molecular flexibility index (Phi) is 3.69. The first-order chi connectivity index (χ1) is 12.4. The molecular formula is C18H14N4O3S. The molecule has 0 aliphatic rings. The van der Waals surface area contributed by atoms with Crippen LogP contribution in [0.3, 0.4) is 0 Å². The maximum atomic E-state index is 13.1. The summed E-state index contributed by atoms with van der Waals surface area (Å²) < 4.78 is 25.3. The van der Waals surface area contributed by atoms with E-state index in [1.807, 2.05) is 0 Å². The summed E-state index contributed by atoms with van der Waals surface area (Å²) in [6.45, 7) is 0. The minimum atomic E-state index is -3.43. The van der Waals surface area contributed by atoms with Gasteiger partial charge in [0.15, 0.2) is 5.43 Å². The van der Waals surface area contributed by atoms with Crippen LogP contribution in [0.25, 0.3) is 32.8 Å². The van der Waals surface area contributed by atoms with Crippen molar-refractivity contribution in [2.75, 3.05) is 11.0 Å². The van der Waals surface area contributed by atoms with E-state index in [0.29, 0.717) is 27.4 Å². The van der Waals surface area contributed by atoms with Gasteiger partial charge in [0, 0.05) is 40.0 Å². The number of nitrogens with zero attached hydrogens (tertiary/aromatic N) is 2. The van der Waals surface area contributed by atoms with Crippen molar-refractivity contribution in [1.29, 1.82) is 0 Å². The molecule has 0 saturated carbocycles. The Labute approximate surface area is 148 Å². The van der Waals surface area contributed by atoms with Crippen molar-refractivity contribution >= 4 is 37.4 Å². The fraction of sp³-hybridized carbons (Fsp3) is 0.0556. The van der Waals surface area contributed by atoms with Crippen molar-refractivity contribution in [3.8, 4) is 11.1 Å². The highest BCUT2D eigenvalue weighted by Crippen LogP contribution is 2.22. The zero-order valence-corrected chi connectivity index (χ0v) is 14.5. The number of hydrogen-bond donors (Lipinski definition) is 2. The second-order valence-electron chi connectivity index (χ2n) is 5.98. The van der Waals surface area contributed by atoms with Gasteiger partial charge < -0.3 is 0 Å². The highest BCUT2D eigenvalue weighted by atomic mass is 32.2. The van der Waals surface area contributed by atoms with Crippen LogP contribution in [0.15, 0.2) is 59.8 Å². The second kappa shape index (κ2) is 5.92. The van der Waals surface area contributed by atoms with Crippen LogP contribution in [0.1, 0.15) is 0 Å². The van der Waals surface area contributed by atoms with E-state index in [9.17, 15) is 13.2 Å². The third-order valence-electron chi connectivity index (χ3n) is 4.02. The van der Waals surface area contributed by atoms with Gasteiger partial charge >= 0.3 is 0 Å².